The number of aromatic nitrogens is 2. The van der Waals surface area contributed by atoms with E-state index in [0.717, 1.165) is 33.0 Å². The van der Waals surface area contributed by atoms with Gasteiger partial charge in [0.05, 0.1) is 17.8 Å². The van der Waals surface area contributed by atoms with Crippen molar-refractivity contribution in [1.29, 1.82) is 5.26 Å². The first kappa shape index (κ1) is 17.6. The number of carbonyl (C=O) groups is 1. The smallest absolute Gasteiger partial charge is 0.272 e. The lowest BCUT2D eigenvalue weighted by molar-refractivity contribution is 0.0927. The van der Waals surface area contributed by atoms with Gasteiger partial charge in [0.2, 0.25) is 0 Å². The van der Waals surface area contributed by atoms with E-state index in [1.165, 1.54) is 0 Å². The molecule has 1 aromatic heterocycles. The number of amides is 1. The summed E-state index contributed by atoms with van der Waals surface area (Å²) >= 11 is 1.67. The third-order valence-corrected chi connectivity index (χ3v) is 6.26. The zero-order chi connectivity index (χ0) is 19.8. The average molecular weight is 399 g/mol. The number of nitrogens with one attached hydrogen (secondary N) is 2. The lowest BCUT2D eigenvalue weighted by atomic mass is 10.1. The Kier molecular flexibility index (Phi) is 4.14. The Labute approximate surface area is 172 Å². The zero-order valence-electron chi connectivity index (χ0n) is 15.4. The number of rotatable bonds is 5. The topological polar surface area (TPSA) is 84.8 Å². The van der Waals surface area contributed by atoms with E-state index in [1.54, 1.807) is 22.7 Å². The average Bonchev–Trinajstić information content (AvgIpc) is 3.10. The summed E-state index contributed by atoms with van der Waals surface area (Å²) < 4.78 is 0. The van der Waals surface area contributed by atoms with E-state index in [1.807, 2.05) is 42.6 Å². The highest BCUT2D eigenvalue weighted by Crippen LogP contribution is 2.48. The number of hydrogen-bond donors (Lipinski definition) is 2. The summed E-state index contributed by atoms with van der Waals surface area (Å²) in [4.78, 5) is 16.5. The van der Waals surface area contributed by atoms with Gasteiger partial charge in [-0.15, -0.1) is 0 Å². The Morgan fingerprint density at radius 1 is 1.21 bits per heavy atom. The molecule has 6 nitrogen and oxygen atoms in total. The van der Waals surface area contributed by atoms with Gasteiger partial charge in [-0.2, -0.15) is 10.4 Å². The largest absolute Gasteiger partial charge is 0.339 e. The third kappa shape index (κ3) is 3.28. The lowest BCUT2D eigenvalue weighted by Crippen LogP contribution is -2.41. The molecule has 142 valence electrons. The summed E-state index contributed by atoms with van der Waals surface area (Å²) in [5.74, 6) is -0.233. The summed E-state index contributed by atoms with van der Waals surface area (Å²) in [6, 6.07) is 20.0. The molecule has 2 aromatic carbocycles. The maximum absolute atomic E-state index is 12.7. The molecule has 5 rings (SSSR count). The normalized spacial score (nSPS) is 19.3. The Morgan fingerprint density at radius 3 is 2.79 bits per heavy atom. The summed E-state index contributed by atoms with van der Waals surface area (Å²) in [6.45, 7) is 0.498. The molecule has 0 unspecified atom stereocenters. The van der Waals surface area contributed by atoms with Gasteiger partial charge in [-0.3, -0.25) is 14.8 Å². The molecule has 0 spiro atoms. The van der Waals surface area contributed by atoms with Crippen molar-refractivity contribution in [3.8, 4) is 17.5 Å². The molecule has 7 heteroatoms. The molecule has 3 aromatic rings. The minimum absolute atomic E-state index is 0.233. The number of hydrogen-bond acceptors (Lipinski definition) is 5. The number of nitrogens with zero attached hydrogens (tertiary/aromatic N) is 3. The van der Waals surface area contributed by atoms with E-state index in [-0.39, 0.29) is 5.91 Å². The van der Waals surface area contributed by atoms with Crippen LogP contribution in [-0.2, 0) is 0 Å². The van der Waals surface area contributed by atoms with E-state index in [9.17, 15) is 4.79 Å². The fourth-order valence-corrected chi connectivity index (χ4v) is 4.59. The fraction of sp³-hybridized carbons (Fsp3) is 0.136. The summed E-state index contributed by atoms with van der Waals surface area (Å²) in [5.41, 5.74) is 2.83. The minimum atomic E-state index is -0.396. The number of benzene rings is 2. The van der Waals surface area contributed by atoms with Crippen LogP contribution in [-0.4, -0.2) is 33.1 Å². The van der Waals surface area contributed by atoms with Crippen molar-refractivity contribution < 1.29 is 4.79 Å². The minimum Gasteiger partial charge on any atom is -0.339 e. The standard InChI is InChI=1S/C22H17N5OS/c23-14-27-12-15-11-22(15,13-27)24-21(28)19-10-18(25-26-19)17-8-4-5-9-20(17)29-16-6-2-1-3-7-16/h1-10,12H,11,13H2,(H,24,28)(H,25,26)/t22-/m0/s1. The van der Waals surface area contributed by atoms with Gasteiger partial charge in [0.15, 0.2) is 11.9 Å². The van der Waals surface area contributed by atoms with Crippen LogP contribution in [0.3, 0.4) is 0 Å². The maximum Gasteiger partial charge on any atom is 0.272 e. The highest BCUT2D eigenvalue weighted by atomic mass is 32.2. The molecule has 0 saturated heterocycles. The Morgan fingerprint density at radius 2 is 2.00 bits per heavy atom. The van der Waals surface area contributed by atoms with E-state index in [4.69, 9.17) is 5.26 Å². The van der Waals surface area contributed by atoms with Crippen LogP contribution in [0.5, 0.6) is 0 Å². The van der Waals surface area contributed by atoms with Crippen molar-refractivity contribution in [2.45, 2.75) is 21.8 Å². The van der Waals surface area contributed by atoms with Crippen LogP contribution in [0.25, 0.3) is 11.3 Å². The predicted molar refractivity (Wildman–Crippen MR) is 110 cm³/mol. The summed E-state index contributed by atoms with van der Waals surface area (Å²) in [5, 5.41) is 19.3. The molecule has 29 heavy (non-hydrogen) atoms. The van der Waals surface area contributed by atoms with Crippen LogP contribution >= 0.6 is 11.8 Å². The molecule has 0 radical (unpaired) electrons. The van der Waals surface area contributed by atoms with Gasteiger partial charge in [0.1, 0.15) is 0 Å². The van der Waals surface area contributed by atoms with Crippen molar-refractivity contribution in [3.63, 3.8) is 0 Å². The molecule has 1 fully saturated rings. The van der Waals surface area contributed by atoms with Crippen molar-refractivity contribution in [2.75, 3.05) is 6.54 Å². The second-order valence-corrected chi connectivity index (χ2v) is 8.29. The van der Waals surface area contributed by atoms with E-state index < -0.39 is 5.54 Å². The first-order valence-electron chi connectivity index (χ1n) is 9.25. The van der Waals surface area contributed by atoms with Crippen LogP contribution in [0, 0.1) is 11.5 Å². The van der Waals surface area contributed by atoms with Crippen LogP contribution in [0.1, 0.15) is 16.9 Å². The number of nitriles is 1. The molecular formula is C22H17N5OS. The van der Waals surface area contributed by atoms with Crippen LogP contribution < -0.4 is 5.32 Å². The SMILES string of the molecule is N#CN1C=C2C[C@]2(NC(=O)c2cc(-c3ccccc3Sc3ccccc3)[nH]n2)C1. The Hall–Kier alpha value is -3.50. The monoisotopic (exact) mass is 399 g/mol. The van der Waals surface area contributed by atoms with Crippen LogP contribution in [0.15, 0.2) is 82.2 Å². The highest BCUT2D eigenvalue weighted by molar-refractivity contribution is 7.99. The number of H-pyrrole nitrogens is 1. The molecule has 1 saturated carbocycles. The Bertz CT molecular complexity index is 1160. The van der Waals surface area contributed by atoms with Gasteiger partial charge in [-0.05, 0) is 29.8 Å². The van der Waals surface area contributed by atoms with Crippen molar-refractivity contribution >= 4 is 17.7 Å². The first-order valence-corrected chi connectivity index (χ1v) is 10.1. The van der Waals surface area contributed by atoms with E-state index in [2.05, 4.69) is 39.9 Å². The molecule has 0 bridgehead atoms. The van der Waals surface area contributed by atoms with Crippen LogP contribution in [0.2, 0.25) is 0 Å². The highest BCUT2D eigenvalue weighted by Gasteiger charge is 2.55. The van der Waals surface area contributed by atoms with Crippen molar-refractivity contribution in [3.05, 3.63) is 78.1 Å². The van der Waals surface area contributed by atoms with E-state index in [0.29, 0.717) is 12.2 Å². The van der Waals surface area contributed by atoms with Gasteiger partial charge in [-0.25, -0.2) is 0 Å². The summed E-state index contributed by atoms with van der Waals surface area (Å²) in [7, 11) is 0. The molecular weight excluding hydrogens is 382 g/mol. The van der Waals surface area contributed by atoms with Gasteiger partial charge >= 0.3 is 0 Å². The number of carbonyl (C=O) groups excluding carboxylic acids is 1. The molecule has 2 aliphatic rings. The van der Waals surface area contributed by atoms with Crippen molar-refractivity contribution in [2.24, 2.45) is 0 Å². The fourth-order valence-electron chi connectivity index (χ4n) is 3.61. The predicted octanol–water partition coefficient (Wildman–Crippen LogP) is 3.78. The Balaban J connectivity index is 1.35. The molecule has 1 amide bonds. The van der Waals surface area contributed by atoms with Crippen molar-refractivity contribution in [1.82, 2.24) is 20.4 Å². The molecule has 2 heterocycles. The second-order valence-electron chi connectivity index (χ2n) is 7.17. The molecule has 1 atom stereocenters. The van der Waals surface area contributed by atoms with Crippen LogP contribution in [0.4, 0.5) is 0 Å². The van der Waals surface area contributed by atoms with Gasteiger partial charge in [0.25, 0.3) is 5.91 Å². The third-order valence-electron chi connectivity index (χ3n) is 5.17. The number of fused-ring (bicyclic) bond motifs is 1. The quantitative estimate of drug-likeness (QED) is 0.638. The van der Waals surface area contributed by atoms with E-state index >= 15 is 0 Å². The molecule has 1 aliphatic heterocycles. The number of aromatic amines is 1. The van der Waals surface area contributed by atoms with Gasteiger partial charge < -0.3 is 5.32 Å². The molecule has 2 N–H and O–H groups in total. The zero-order valence-corrected chi connectivity index (χ0v) is 16.2. The maximum atomic E-state index is 12.7. The summed E-state index contributed by atoms with van der Waals surface area (Å²) in [6.07, 6.45) is 4.70. The van der Waals surface area contributed by atoms with Gasteiger partial charge in [-0.1, -0.05) is 48.2 Å². The lowest BCUT2D eigenvalue weighted by Gasteiger charge is -2.15. The molecule has 1 aliphatic carbocycles. The first-order chi connectivity index (χ1) is 14.2. The second kappa shape index (κ2) is 6.83. The van der Waals surface area contributed by atoms with Gasteiger partial charge in [0, 0.05) is 28.0 Å².